The summed E-state index contributed by atoms with van der Waals surface area (Å²) in [5, 5.41) is 2.87. The van der Waals surface area contributed by atoms with Gasteiger partial charge in [0.05, 0.1) is 5.69 Å². The number of pyridine rings is 1. The summed E-state index contributed by atoms with van der Waals surface area (Å²) in [6.07, 6.45) is 2.55. The van der Waals surface area contributed by atoms with E-state index in [9.17, 15) is 4.79 Å². The standard InChI is InChI=1S/C12H20N4O/c1-16(2)7-3-5-15-12(17)10-4-6-14-11(8-10)9-13/h4,6,8H,3,5,7,9,13H2,1-2H3,(H,15,17). The van der Waals surface area contributed by atoms with Gasteiger partial charge in [-0.05, 0) is 39.2 Å². The van der Waals surface area contributed by atoms with Crippen molar-refractivity contribution in [3.05, 3.63) is 29.6 Å². The molecule has 1 aromatic heterocycles. The van der Waals surface area contributed by atoms with Crippen molar-refractivity contribution in [2.45, 2.75) is 13.0 Å². The third kappa shape index (κ3) is 4.93. The molecule has 0 saturated carbocycles. The maximum Gasteiger partial charge on any atom is 0.251 e. The third-order valence-electron chi connectivity index (χ3n) is 2.36. The second kappa shape index (κ2) is 6.98. The van der Waals surface area contributed by atoms with Crippen LogP contribution in [0.15, 0.2) is 18.3 Å². The van der Waals surface area contributed by atoms with Gasteiger partial charge in [-0.25, -0.2) is 0 Å². The number of amides is 1. The van der Waals surface area contributed by atoms with Crippen molar-refractivity contribution >= 4 is 5.91 Å². The Morgan fingerprint density at radius 2 is 2.29 bits per heavy atom. The van der Waals surface area contributed by atoms with Crippen molar-refractivity contribution in [3.8, 4) is 0 Å². The number of carbonyl (C=O) groups is 1. The number of nitrogens with one attached hydrogen (secondary N) is 1. The zero-order valence-corrected chi connectivity index (χ0v) is 10.4. The molecular weight excluding hydrogens is 216 g/mol. The highest BCUT2D eigenvalue weighted by Gasteiger charge is 2.05. The first-order valence-corrected chi connectivity index (χ1v) is 5.71. The molecule has 0 atom stereocenters. The Labute approximate surface area is 102 Å². The largest absolute Gasteiger partial charge is 0.352 e. The Morgan fingerprint density at radius 3 is 2.94 bits per heavy atom. The predicted octanol–water partition coefficient (Wildman–Crippen LogP) is 0.222. The summed E-state index contributed by atoms with van der Waals surface area (Å²) < 4.78 is 0. The minimum absolute atomic E-state index is 0.0687. The summed E-state index contributed by atoms with van der Waals surface area (Å²) in [6, 6.07) is 3.42. The van der Waals surface area contributed by atoms with E-state index in [1.807, 2.05) is 14.1 Å². The first kappa shape index (κ1) is 13.6. The average Bonchev–Trinajstić information content (AvgIpc) is 2.34. The first-order chi connectivity index (χ1) is 8.13. The molecule has 3 N–H and O–H groups in total. The molecule has 0 bridgehead atoms. The van der Waals surface area contributed by atoms with E-state index >= 15 is 0 Å². The molecule has 0 spiro atoms. The number of hydrogen-bond donors (Lipinski definition) is 2. The van der Waals surface area contributed by atoms with Crippen LogP contribution in [0.1, 0.15) is 22.5 Å². The second-order valence-electron chi connectivity index (χ2n) is 4.15. The maximum atomic E-state index is 11.8. The maximum absolute atomic E-state index is 11.8. The Kier molecular flexibility index (Phi) is 5.59. The van der Waals surface area contributed by atoms with Crippen LogP contribution in [0.4, 0.5) is 0 Å². The van der Waals surface area contributed by atoms with Crippen molar-refractivity contribution in [1.82, 2.24) is 15.2 Å². The molecule has 1 aromatic rings. The second-order valence-corrected chi connectivity index (χ2v) is 4.15. The third-order valence-corrected chi connectivity index (χ3v) is 2.36. The summed E-state index contributed by atoms with van der Waals surface area (Å²) in [4.78, 5) is 17.9. The number of nitrogens with zero attached hydrogens (tertiary/aromatic N) is 2. The molecule has 0 fully saturated rings. The lowest BCUT2D eigenvalue weighted by Crippen LogP contribution is -2.27. The highest BCUT2D eigenvalue weighted by molar-refractivity contribution is 5.94. The van der Waals surface area contributed by atoms with E-state index in [-0.39, 0.29) is 5.91 Å². The van der Waals surface area contributed by atoms with E-state index in [1.54, 1.807) is 18.3 Å². The lowest BCUT2D eigenvalue weighted by Gasteiger charge is -2.10. The fraction of sp³-hybridized carbons (Fsp3) is 0.500. The monoisotopic (exact) mass is 236 g/mol. The fourth-order valence-electron chi connectivity index (χ4n) is 1.43. The van der Waals surface area contributed by atoms with Gasteiger partial charge in [0, 0.05) is 24.8 Å². The van der Waals surface area contributed by atoms with Crippen LogP contribution < -0.4 is 11.1 Å². The minimum atomic E-state index is -0.0687. The van der Waals surface area contributed by atoms with E-state index in [0.717, 1.165) is 18.7 Å². The molecule has 0 aliphatic carbocycles. The number of aromatic nitrogens is 1. The lowest BCUT2D eigenvalue weighted by molar-refractivity contribution is 0.0952. The van der Waals surface area contributed by atoms with Crippen molar-refractivity contribution in [3.63, 3.8) is 0 Å². The first-order valence-electron chi connectivity index (χ1n) is 5.71. The molecule has 1 heterocycles. The molecule has 0 unspecified atom stereocenters. The highest BCUT2D eigenvalue weighted by Crippen LogP contribution is 2.01. The highest BCUT2D eigenvalue weighted by atomic mass is 16.1. The van der Waals surface area contributed by atoms with Crippen LogP contribution in [0.2, 0.25) is 0 Å². The fourth-order valence-corrected chi connectivity index (χ4v) is 1.43. The Hall–Kier alpha value is -1.46. The quantitative estimate of drug-likeness (QED) is 0.693. The molecule has 5 heteroatoms. The molecule has 0 aliphatic rings. The Balaban J connectivity index is 2.41. The van der Waals surface area contributed by atoms with E-state index in [0.29, 0.717) is 18.7 Å². The molecule has 1 rings (SSSR count). The van der Waals surface area contributed by atoms with Gasteiger partial charge in [0.1, 0.15) is 0 Å². The molecule has 0 radical (unpaired) electrons. The molecule has 1 amide bonds. The smallest absolute Gasteiger partial charge is 0.251 e. The van der Waals surface area contributed by atoms with Crippen LogP contribution in [0.3, 0.4) is 0 Å². The number of hydrogen-bond acceptors (Lipinski definition) is 4. The summed E-state index contributed by atoms with van der Waals surface area (Å²) in [5.74, 6) is -0.0687. The molecule has 0 aromatic carbocycles. The topological polar surface area (TPSA) is 71.2 Å². The van der Waals surface area contributed by atoms with Crippen molar-refractivity contribution in [2.75, 3.05) is 27.2 Å². The van der Waals surface area contributed by atoms with E-state index in [2.05, 4.69) is 15.2 Å². The van der Waals surface area contributed by atoms with Gasteiger partial charge in [0.25, 0.3) is 5.91 Å². The molecule has 0 aliphatic heterocycles. The number of nitrogens with two attached hydrogens (primary N) is 1. The summed E-state index contributed by atoms with van der Waals surface area (Å²) in [7, 11) is 4.02. The minimum Gasteiger partial charge on any atom is -0.352 e. The molecule has 17 heavy (non-hydrogen) atoms. The van der Waals surface area contributed by atoms with Crippen molar-refractivity contribution in [1.29, 1.82) is 0 Å². The predicted molar refractivity (Wildman–Crippen MR) is 67.6 cm³/mol. The van der Waals surface area contributed by atoms with Crippen LogP contribution in [0.25, 0.3) is 0 Å². The molecular formula is C12H20N4O. The van der Waals surface area contributed by atoms with E-state index in [4.69, 9.17) is 5.73 Å². The van der Waals surface area contributed by atoms with Gasteiger partial charge in [0.15, 0.2) is 0 Å². The van der Waals surface area contributed by atoms with Gasteiger partial charge >= 0.3 is 0 Å². The van der Waals surface area contributed by atoms with E-state index < -0.39 is 0 Å². The summed E-state index contributed by atoms with van der Waals surface area (Å²) in [6.45, 7) is 1.99. The van der Waals surface area contributed by atoms with Crippen LogP contribution in [-0.2, 0) is 6.54 Å². The number of rotatable bonds is 6. The van der Waals surface area contributed by atoms with Gasteiger partial charge in [-0.1, -0.05) is 0 Å². The van der Waals surface area contributed by atoms with Crippen molar-refractivity contribution in [2.24, 2.45) is 5.73 Å². The Morgan fingerprint density at radius 1 is 1.53 bits per heavy atom. The van der Waals surface area contributed by atoms with Gasteiger partial charge < -0.3 is 16.0 Å². The SMILES string of the molecule is CN(C)CCCNC(=O)c1ccnc(CN)c1. The normalized spacial score (nSPS) is 10.6. The number of carbonyl (C=O) groups excluding carboxylic acids is 1. The zero-order valence-electron chi connectivity index (χ0n) is 10.4. The van der Waals surface area contributed by atoms with E-state index in [1.165, 1.54) is 0 Å². The van der Waals surface area contributed by atoms with Crippen LogP contribution in [0.5, 0.6) is 0 Å². The van der Waals surface area contributed by atoms with Gasteiger partial charge in [-0.2, -0.15) is 0 Å². The molecule has 94 valence electrons. The summed E-state index contributed by atoms with van der Waals surface area (Å²) in [5.41, 5.74) is 6.82. The van der Waals surface area contributed by atoms with Crippen molar-refractivity contribution < 1.29 is 4.79 Å². The van der Waals surface area contributed by atoms with Crippen LogP contribution >= 0.6 is 0 Å². The van der Waals surface area contributed by atoms with Gasteiger partial charge in [0.2, 0.25) is 0 Å². The van der Waals surface area contributed by atoms with Gasteiger partial charge in [-0.3, -0.25) is 9.78 Å². The van der Waals surface area contributed by atoms with Crippen LogP contribution in [0, 0.1) is 0 Å². The van der Waals surface area contributed by atoms with Crippen LogP contribution in [-0.4, -0.2) is 43.0 Å². The molecule has 5 nitrogen and oxygen atoms in total. The molecule has 0 saturated heterocycles. The summed E-state index contributed by atoms with van der Waals surface area (Å²) >= 11 is 0. The van der Waals surface area contributed by atoms with Gasteiger partial charge in [-0.15, -0.1) is 0 Å². The zero-order chi connectivity index (χ0) is 12.7. The Bertz CT molecular complexity index is 365. The lowest BCUT2D eigenvalue weighted by atomic mass is 10.2. The average molecular weight is 236 g/mol.